The minimum absolute atomic E-state index is 0.172. The van der Waals surface area contributed by atoms with Crippen molar-refractivity contribution in [3.63, 3.8) is 0 Å². The maximum absolute atomic E-state index is 13.7. The fourth-order valence-electron chi connectivity index (χ4n) is 2.49. The van der Waals surface area contributed by atoms with Gasteiger partial charge < -0.3 is 15.4 Å². The third-order valence-electron chi connectivity index (χ3n) is 3.59. The molecule has 1 unspecified atom stereocenters. The van der Waals surface area contributed by atoms with Crippen LogP contribution in [0.3, 0.4) is 0 Å². The molecule has 0 bridgehead atoms. The van der Waals surface area contributed by atoms with Crippen LogP contribution in [-0.4, -0.2) is 29.2 Å². The van der Waals surface area contributed by atoms with Crippen LogP contribution in [0.4, 0.5) is 26.1 Å². The van der Waals surface area contributed by atoms with E-state index >= 15 is 0 Å². The van der Waals surface area contributed by atoms with Gasteiger partial charge in [-0.25, -0.2) is 18.7 Å². The van der Waals surface area contributed by atoms with Crippen molar-refractivity contribution in [1.82, 2.24) is 9.97 Å². The molecule has 3 rings (SSSR count). The predicted molar refractivity (Wildman–Crippen MR) is 83.9 cm³/mol. The number of rotatable bonds is 5. The van der Waals surface area contributed by atoms with Gasteiger partial charge >= 0.3 is 0 Å². The second kappa shape index (κ2) is 6.87. The summed E-state index contributed by atoms with van der Waals surface area (Å²) < 4.78 is 33.0. The number of anilines is 3. The molecule has 0 spiro atoms. The SMILES string of the molecule is Cc1nc(NCC2CCCO2)cc(Nc2c(F)cccc2F)n1. The highest BCUT2D eigenvalue weighted by atomic mass is 19.1. The van der Waals surface area contributed by atoms with E-state index in [1.807, 2.05) is 0 Å². The Bertz CT molecular complexity index is 670. The van der Waals surface area contributed by atoms with E-state index in [4.69, 9.17) is 4.74 Å². The number of nitrogens with one attached hydrogen (secondary N) is 2. The summed E-state index contributed by atoms with van der Waals surface area (Å²) in [5, 5.41) is 5.86. The molecule has 7 heteroatoms. The van der Waals surface area contributed by atoms with Gasteiger partial charge in [-0.1, -0.05) is 6.07 Å². The minimum atomic E-state index is -0.671. The molecule has 1 aromatic heterocycles. The molecule has 1 saturated heterocycles. The molecule has 1 atom stereocenters. The number of para-hydroxylation sites is 1. The van der Waals surface area contributed by atoms with E-state index in [2.05, 4.69) is 20.6 Å². The molecule has 0 saturated carbocycles. The number of ether oxygens (including phenoxy) is 1. The van der Waals surface area contributed by atoms with Gasteiger partial charge in [0.2, 0.25) is 0 Å². The Hall–Kier alpha value is -2.28. The van der Waals surface area contributed by atoms with Crippen LogP contribution < -0.4 is 10.6 Å². The lowest BCUT2D eigenvalue weighted by atomic mass is 10.2. The molecular formula is C16H18F2N4O. The van der Waals surface area contributed by atoms with Gasteiger partial charge in [0.25, 0.3) is 0 Å². The molecule has 0 aliphatic carbocycles. The van der Waals surface area contributed by atoms with Crippen molar-refractivity contribution in [2.75, 3.05) is 23.8 Å². The van der Waals surface area contributed by atoms with Crippen LogP contribution in [0.1, 0.15) is 18.7 Å². The number of halogens is 2. The van der Waals surface area contributed by atoms with E-state index < -0.39 is 11.6 Å². The Balaban J connectivity index is 1.74. The van der Waals surface area contributed by atoms with Gasteiger partial charge in [0.1, 0.15) is 34.8 Å². The number of benzene rings is 1. The summed E-state index contributed by atoms with van der Waals surface area (Å²) in [4.78, 5) is 8.44. The number of nitrogens with zero attached hydrogens (tertiary/aromatic N) is 2. The van der Waals surface area contributed by atoms with Gasteiger partial charge in [0, 0.05) is 19.2 Å². The Kier molecular flexibility index (Phi) is 4.66. The van der Waals surface area contributed by atoms with Gasteiger partial charge in [0.05, 0.1) is 6.10 Å². The normalized spacial score (nSPS) is 17.3. The Labute approximate surface area is 133 Å². The molecule has 5 nitrogen and oxygen atoms in total. The van der Waals surface area contributed by atoms with Gasteiger partial charge in [-0.05, 0) is 31.9 Å². The highest BCUT2D eigenvalue weighted by molar-refractivity contribution is 5.60. The Morgan fingerprint density at radius 2 is 1.96 bits per heavy atom. The largest absolute Gasteiger partial charge is 0.376 e. The van der Waals surface area contributed by atoms with Gasteiger partial charge in [-0.3, -0.25) is 0 Å². The number of aryl methyl sites for hydroxylation is 1. The van der Waals surface area contributed by atoms with Crippen molar-refractivity contribution in [3.8, 4) is 0 Å². The van der Waals surface area contributed by atoms with Crippen molar-refractivity contribution < 1.29 is 13.5 Å². The summed E-state index contributed by atoms with van der Waals surface area (Å²) in [6.07, 6.45) is 2.25. The van der Waals surface area contributed by atoms with Crippen molar-refractivity contribution in [1.29, 1.82) is 0 Å². The quantitative estimate of drug-likeness (QED) is 0.884. The lowest BCUT2D eigenvalue weighted by Gasteiger charge is -2.13. The first-order valence-corrected chi connectivity index (χ1v) is 7.54. The summed E-state index contributed by atoms with van der Waals surface area (Å²) in [5.74, 6) is 0.0791. The van der Waals surface area contributed by atoms with Crippen LogP contribution in [-0.2, 0) is 4.74 Å². The zero-order valence-electron chi connectivity index (χ0n) is 12.8. The van der Waals surface area contributed by atoms with Crippen LogP contribution in [0.15, 0.2) is 24.3 Å². The highest BCUT2D eigenvalue weighted by Crippen LogP contribution is 2.23. The van der Waals surface area contributed by atoms with E-state index in [1.165, 1.54) is 18.2 Å². The monoisotopic (exact) mass is 320 g/mol. The summed E-state index contributed by atoms with van der Waals surface area (Å²) in [5.41, 5.74) is -0.226. The van der Waals surface area contributed by atoms with Crippen molar-refractivity contribution in [2.24, 2.45) is 0 Å². The predicted octanol–water partition coefficient (Wildman–Crippen LogP) is 3.40. The third kappa shape index (κ3) is 3.92. The molecular weight excluding hydrogens is 302 g/mol. The summed E-state index contributed by atoms with van der Waals surface area (Å²) in [6, 6.07) is 5.32. The molecule has 122 valence electrons. The van der Waals surface area contributed by atoms with Crippen LogP contribution in [0.5, 0.6) is 0 Å². The third-order valence-corrected chi connectivity index (χ3v) is 3.59. The molecule has 1 aliphatic heterocycles. The molecule has 1 fully saturated rings. The van der Waals surface area contributed by atoms with Crippen molar-refractivity contribution in [2.45, 2.75) is 25.9 Å². The highest BCUT2D eigenvalue weighted by Gasteiger charge is 2.16. The number of hydrogen-bond acceptors (Lipinski definition) is 5. The minimum Gasteiger partial charge on any atom is -0.376 e. The number of aromatic nitrogens is 2. The second-order valence-corrected chi connectivity index (χ2v) is 5.42. The van der Waals surface area contributed by atoms with Gasteiger partial charge in [-0.2, -0.15) is 0 Å². The first kappa shape index (κ1) is 15.6. The summed E-state index contributed by atoms with van der Waals surface area (Å²) >= 11 is 0. The van der Waals surface area contributed by atoms with Gasteiger partial charge in [0.15, 0.2) is 0 Å². The summed E-state index contributed by atoms with van der Waals surface area (Å²) in [7, 11) is 0. The standard InChI is InChI=1S/C16H18F2N4O/c1-10-20-14(19-9-11-4-3-7-23-11)8-15(21-10)22-16-12(17)5-2-6-13(16)18/h2,5-6,8,11H,3-4,7,9H2,1H3,(H2,19,20,21,22). The smallest absolute Gasteiger partial charge is 0.149 e. The van der Waals surface area contributed by atoms with E-state index in [9.17, 15) is 8.78 Å². The molecule has 0 radical (unpaired) electrons. The average molecular weight is 320 g/mol. The maximum Gasteiger partial charge on any atom is 0.149 e. The van der Waals surface area contributed by atoms with Crippen LogP contribution >= 0.6 is 0 Å². The molecule has 2 N–H and O–H groups in total. The zero-order valence-corrected chi connectivity index (χ0v) is 12.8. The zero-order chi connectivity index (χ0) is 16.2. The molecule has 23 heavy (non-hydrogen) atoms. The van der Waals surface area contributed by atoms with E-state index in [1.54, 1.807) is 13.0 Å². The Morgan fingerprint density at radius 1 is 1.22 bits per heavy atom. The average Bonchev–Trinajstić information content (AvgIpc) is 3.02. The van der Waals surface area contributed by atoms with E-state index in [0.29, 0.717) is 24.0 Å². The fourth-order valence-corrected chi connectivity index (χ4v) is 2.49. The lowest BCUT2D eigenvalue weighted by Crippen LogP contribution is -2.19. The molecule has 0 amide bonds. The molecule has 1 aliphatic rings. The Morgan fingerprint density at radius 3 is 2.65 bits per heavy atom. The van der Waals surface area contributed by atoms with Crippen molar-refractivity contribution in [3.05, 3.63) is 41.7 Å². The van der Waals surface area contributed by atoms with Crippen LogP contribution in [0.25, 0.3) is 0 Å². The maximum atomic E-state index is 13.7. The first-order chi connectivity index (χ1) is 11.1. The lowest BCUT2D eigenvalue weighted by molar-refractivity contribution is 0.120. The second-order valence-electron chi connectivity index (χ2n) is 5.42. The van der Waals surface area contributed by atoms with Crippen molar-refractivity contribution >= 4 is 17.3 Å². The topological polar surface area (TPSA) is 59.1 Å². The van der Waals surface area contributed by atoms with E-state index in [0.717, 1.165) is 19.4 Å². The van der Waals surface area contributed by atoms with Crippen LogP contribution in [0, 0.1) is 18.6 Å². The van der Waals surface area contributed by atoms with E-state index in [-0.39, 0.29) is 11.8 Å². The summed E-state index contributed by atoms with van der Waals surface area (Å²) in [6.45, 7) is 3.15. The fraction of sp³-hybridized carbons (Fsp3) is 0.375. The van der Waals surface area contributed by atoms with Crippen LogP contribution in [0.2, 0.25) is 0 Å². The first-order valence-electron chi connectivity index (χ1n) is 7.54. The van der Waals surface area contributed by atoms with Gasteiger partial charge in [-0.15, -0.1) is 0 Å². The molecule has 2 aromatic rings. The molecule has 2 heterocycles. The molecule has 1 aromatic carbocycles. The number of hydrogen-bond donors (Lipinski definition) is 2.